The lowest BCUT2D eigenvalue weighted by Crippen LogP contribution is -2.59. The molecule has 0 spiro atoms. The second-order valence-electron chi connectivity index (χ2n) is 6.81. The molecular formula is C13H22N4O4S. The summed E-state index contributed by atoms with van der Waals surface area (Å²) in [5, 5.41) is 3.73. The first-order chi connectivity index (χ1) is 9.97. The van der Waals surface area contributed by atoms with Crippen LogP contribution in [0.1, 0.15) is 38.4 Å². The number of nitrogens with zero attached hydrogens (tertiary/aromatic N) is 3. The van der Waals surface area contributed by atoms with Crippen LogP contribution in [0.5, 0.6) is 0 Å². The molecule has 0 aromatic carbocycles. The Balaban J connectivity index is 2.04. The Kier molecular flexibility index (Phi) is 4.31. The number of aromatic nitrogens is 2. The quantitative estimate of drug-likeness (QED) is 0.849. The lowest BCUT2D eigenvalue weighted by molar-refractivity contribution is -0.140. The van der Waals surface area contributed by atoms with Gasteiger partial charge in [-0.3, -0.25) is 4.79 Å². The molecule has 124 valence electrons. The summed E-state index contributed by atoms with van der Waals surface area (Å²) in [6.07, 6.45) is 1.05. The van der Waals surface area contributed by atoms with Crippen LogP contribution in [0, 0.1) is 12.3 Å². The number of aryl methyl sites for hydroxylation is 1. The third kappa shape index (κ3) is 3.83. The van der Waals surface area contributed by atoms with Crippen LogP contribution in [0.3, 0.4) is 0 Å². The third-order valence-corrected chi connectivity index (χ3v) is 4.19. The molecule has 1 saturated heterocycles. The Hall–Kier alpha value is -1.48. The van der Waals surface area contributed by atoms with Crippen LogP contribution < -0.4 is 4.72 Å². The van der Waals surface area contributed by atoms with Gasteiger partial charge in [0.15, 0.2) is 5.82 Å². The molecule has 1 unspecified atom stereocenters. The van der Waals surface area contributed by atoms with E-state index >= 15 is 0 Å². The van der Waals surface area contributed by atoms with Crippen molar-refractivity contribution in [2.75, 3.05) is 19.3 Å². The third-order valence-electron chi connectivity index (χ3n) is 3.53. The zero-order valence-corrected chi connectivity index (χ0v) is 14.3. The minimum absolute atomic E-state index is 0.0176. The minimum Gasteiger partial charge on any atom is -0.340 e. The van der Waals surface area contributed by atoms with E-state index in [0.29, 0.717) is 24.8 Å². The van der Waals surface area contributed by atoms with Gasteiger partial charge in [-0.15, -0.1) is 0 Å². The Morgan fingerprint density at radius 3 is 2.41 bits per heavy atom. The molecule has 0 aliphatic carbocycles. The Bertz CT molecular complexity index is 656. The predicted octanol–water partition coefficient (Wildman–Crippen LogP) is 0.268. The Morgan fingerprint density at radius 2 is 2.00 bits per heavy atom. The van der Waals surface area contributed by atoms with Gasteiger partial charge in [0, 0.05) is 13.1 Å². The van der Waals surface area contributed by atoms with Gasteiger partial charge in [0.25, 0.3) is 0 Å². The highest BCUT2D eigenvalue weighted by atomic mass is 32.2. The fourth-order valence-electron chi connectivity index (χ4n) is 2.29. The number of hydrogen-bond donors (Lipinski definition) is 1. The SMILES string of the molecule is Cc1noc(C2CN(C(=O)C(NS(C)(=O)=O)C(C)(C)C)C2)n1. The molecule has 1 aliphatic rings. The maximum atomic E-state index is 12.6. The molecule has 1 N–H and O–H groups in total. The van der Waals surface area contributed by atoms with Crippen LogP contribution in [0.4, 0.5) is 0 Å². The second-order valence-corrected chi connectivity index (χ2v) is 8.59. The molecule has 2 rings (SSSR count). The predicted molar refractivity (Wildman–Crippen MR) is 79.6 cm³/mol. The number of carbonyl (C=O) groups is 1. The molecule has 2 heterocycles. The molecule has 9 heteroatoms. The molecule has 8 nitrogen and oxygen atoms in total. The molecular weight excluding hydrogens is 308 g/mol. The van der Waals surface area contributed by atoms with Crippen molar-refractivity contribution >= 4 is 15.9 Å². The van der Waals surface area contributed by atoms with Crippen molar-refractivity contribution in [3.63, 3.8) is 0 Å². The van der Waals surface area contributed by atoms with E-state index in [0.717, 1.165) is 6.26 Å². The van der Waals surface area contributed by atoms with Gasteiger partial charge in [0.05, 0.1) is 12.2 Å². The van der Waals surface area contributed by atoms with Crippen LogP contribution >= 0.6 is 0 Å². The number of likely N-dealkylation sites (tertiary alicyclic amines) is 1. The summed E-state index contributed by atoms with van der Waals surface area (Å²) in [6.45, 7) is 8.13. The number of sulfonamides is 1. The van der Waals surface area contributed by atoms with Gasteiger partial charge in [-0.25, -0.2) is 13.1 Å². The summed E-state index contributed by atoms with van der Waals surface area (Å²) in [4.78, 5) is 18.3. The van der Waals surface area contributed by atoms with E-state index in [1.165, 1.54) is 0 Å². The van der Waals surface area contributed by atoms with Gasteiger partial charge in [-0.2, -0.15) is 4.98 Å². The van der Waals surface area contributed by atoms with E-state index in [1.54, 1.807) is 11.8 Å². The van der Waals surface area contributed by atoms with Crippen molar-refractivity contribution in [3.8, 4) is 0 Å². The van der Waals surface area contributed by atoms with Gasteiger partial charge < -0.3 is 9.42 Å². The van der Waals surface area contributed by atoms with Crippen molar-refractivity contribution < 1.29 is 17.7 Å². The molecule has 1 amide bonds. The molecule has 0 radical (unpaired) electrons. The first-order valence-corrected chi connectivity index (χ1v) is 8.93. The largest absolute Gasteiger partial charge is 0.340 e. The van der Waals surface area contributed by atoms with Crippen molar-refractivity contribution in [2.45, 2.75) is 39.7 Å². The molecule has 1 aromatic rings. The van der Waals surface area contributed by atoms with Crippen molar-refractivity contribution in [3.05, 3.63) is 11.7 Å². The Morgan fingerprint density at radius 1 is 1.41 bits per heavy atom. The van der Waals surface area contributed by atoms with E-state index in [9.17, 15) is 13.2 Å². The van der Waals surface area contributed by atoms with Crippen LogP contribution in [-0.2, 0) is 14.8 Å². The fourth-order valence-corrected chi connectivity index (χ4v) is 3.17. The number of carbonyl (C=O) groups excluding carboxylic acids is 1. The van der Waals surface area contributed by atoms with Crippen LogP contribution in [0.2, 0.25) is 0 Å². The summed E-state index contributed by atoms with van der Waals surface area (Å²) in [5.74, 6) is 0.866. The molecule has 22 heavy (non-hydrogen) atoms. The molecule has 0 bridgehead atoms. The first kappa shape index (κ1) is 16.9. The standard InChI is InChI=1S/C13H22N4O4S/c1-8-14-11(21-15-8)9-6-17(7-9)12(18)10(13(2,3)4)16-22(5,19)20/h9-10,16H,6-7H2,1-5H3. The van der Waals surface area contributed by atoms with Gasteiger partial charge in [-0.1, -0.05) is 25.9 Å². The summed E-state index contributed by atoms with van der Waals surface area (Å²) in [5.41, 5.74) is -0.522. The van der Waals surface area contributed by atoms with Crippen LogP contribution in [-0.4, -0.2) is 54.8 Å². The van der Waals surface area contributed by atoms with E-state index in [1.807, 2.05) is 20.8 Å². The first-order valence-electron chi connectivity index (χ1n) is 7.03. The van der Waals surface area contributed by atoms with Gasteiger partial charge in [-0.05, 0) is 12.3 Å². The number of nitrogens with one attached hydrogen (secondary N) is 1. The summed E-state index contributed by atoms with van der Waals surface area (Å²) < 4.78 is 30.5. The Labute approximate surface area is 130 Å². The van der Waals surface area contributed by atoms with E-state index < -0.39 is 21.5 Å². The van der Waals surface area contributed by atoms with Crippen molar-refractivity contribution in [1.82, 2.24) is 19.8 Å². The average Bonchev–Trinajstić information content (AvgIpc) is 2.67. The van der Waals surface area contributed by atoms with Crippen LogP contribution in [0.25, 0.3) is 0 Å². The van der Waals surface area contributed by atoms with Crippen LogP contribution in [0.15, 0.2) is 4.52 Å². The summed E-state index contributed by atoms with van der Waals surface area (Å²) in [6, 6.07) is -0.798. The van der Waals surface area contributed by atoms with Crippen molar-refractivity contribution in [2.24, 2.45) is 5.41 Å². The molecule has 0 saturated carbocycles. The summed E-state index contributed by atoms with van der Waals surface area (Å²) >= 11 is 0. The number of amides is 1. The van der Waals surface area contributed by atoms with Gasteiger partial charge in [0.1, 0.15) is 6.04 Å². The van der Waals surface area contributed by atoms with E-state index in [-0.39, 0.29) is 11.8 Å². The van der Waals surface area contributed by atoms with Gasteiger partial charge >= 0.3 is 0 Å². The lowest BCUT2D eigenvalue weighted by atomic mass is 9.85. The zero-order chi connectivity index (χ0) is 16.7. The average molecular weight is 330 g/mol. The highest BCUT2D eigenvalue weighted by Crippen LogP contribution is 2.29. The van der Waals surface area contributed by atoms with E-state index in [2.05, 4.69) is 14.9 Å². The molecule has 1 fully saturated rings. The number of hydrogen-bond acceptors (Lipinski definition) is 6. The highest BCUT2D eigenvalue weighted by Gasteiger charge is 2.42. The molecule has 1 aromatic heterocycles. The van der Waals surface area contributed by atoms with Crippen molar-refractivity contribution in [1.29, 1.82) is 0 Å². The molecule has 1 atom stereocenters. The normalized spacial score (nSPS) is 18.1. The smallest absolute Gasteiger partial charge is 0.241 e. The lowest BCUT2D eigenvalue weighted by Gasteiger charge is -2.41. The zero-order valence-electron chi connectivity index (χ0n) is 13.5. The maximum Gasteiger partial charge on any atom is 0.241 e. The topological polar surface area (TPSA) is 105 Å². The second kappa shape index (κ2) is 5.62. The fraction of sp³-hybridized carbons (Fsp3) is 0.769. The molecule has 1 aliphatic heterocycles. The maximum absolute atomic E-state index is 12.6. The summed E-state index contributed by atoms with van der Waals surface area (Å²) in [7, 11) is -3.47. The highest BCUT2D eigenvalue weighted by molar-refractivity contribution is 7.88. The van der Waals surface area contributed by atoms with Gasteiger partial charge in [0.2, 0.25) is 21.8 Å². The monoisotopic (exact) mass is 330 g/mol. The number of rotatable bonds is 4. The minimum atomic E-state index is -3.47. The van der Waals surface area contributed by atoms with E-state index in [4.69, 9.17) is 4.52 Å².